The zero-order valence-corrected chi connectivity index (χ0v) is 20.6. The van der Waals surface area contributed by atoms with Crippen molar-refractivity contribution in [2.24, 2.45) is 4.99 Å². The summed E-state index contributed by atoms with van der Waals surface area (Å²) in [4.78, 5) is 32.7. The van der Waals surface area contributed by atoms with Gasteiger partial charge < -0.3 is 10.1 Å². The highest BCUT2D eigenvalue weighted by Gasteiger charge is 2.40. The number of amides is 2. The van der Waals surface area contributed by atoms with E-state index >= 15 is 0 Å². The number of aliphatic imine (C=N–C) groups is 1. The number of nitrogens with one attached hydrogen (secondary N) is 1. The standard InChI is InChI=1S/C25H28ClN3O3S/c1-15-9-10-16(2)21(12-15)28-25-29(14-18-6-5-11-32-18)24(31)22(33-25)13-23(30)27-20-8-4-7-19(26)17(20)3/h4,7-10,12,18,22H,5-6,11,13-14H2,1-3H3,(H,27,30). The number of rotatable bonds is 6. The summed E-state index contributed by atoms with van der Waals surface area (Å²) in [6.45, 7) is 7.05. The fraction of sp³-hybridized carbons (Fsp3) is 0.400. The predicted octanol–water partition coefficient (Wildman–Crippen LogP) is 5.40. The van der Waals surface area contributed by atoms with Gasteiger partial charge in [0.2, 0.25) is 11.8 Å². The van der Waals surface area contributed by atoms with Crippen molar-refractivity contribution in [2.75, 3.05) is 18.5 Å². The Morgan fingerprint density at radius 3 is 2.85 bits per heavy atom. The molecule has 1 N–H and O–H groups in total. The average Bonchev–Trinajstić information content (AvgIpc) is 3.38. The summed E-state index contributed by atoms with van der Waals surface area (Å²) in [5.74, 6) is -0.325. The molecule has 0 saturated carbocycles. The first-order valence-corrected chi connectivity index (χ1v) is 12.4. The Hall–Kier alpha value is -2.35. The van der Waals surface area contributed by atoms with Crippen LogP contribution in [0.25, 0.3) is 0 Å². The average molecular weight is 486 g/mol. The van der Waals surface area contributed by atoms with Crippen LogP contribution in [0.1, 0.15) is 36.0 Å². The molecule has 2 unspecified atom stereocenters. The van der Waals surface area contributed by atoms with Gasteiger partial charge in [0.15, 0.2) is 5.17 Å². The first-order valence-electron chi connectivity index (χ1n) is 11.1. The molecule has 6 nitrogen and oxygen atoms in total. The lowest BCUT2D eigenvalue weighted by atomic mass is 10.1. The van der Waals surface area contributed by atoms with Gasteiger partial charge in [-0.25, -0.2) is 4.99 Å². The Labute approximate surface area is 203 Å². The summed E-state index contributed by atoms with van der Waals surface area (Å²) in [7, 11) is 0. The Morgan fingerprint density at radius 1 is 1.27 bits per heavy atom. The second kappa shape index (κ2) is 10.3. The molecule has 2 aliphatic heterocycles. The summed E-state index contributed by atoms with van der Waals surface area (Å²) in [6.07, 6.45) is 1.97. The fourth-order valence-corrected chi connectivity index (χ4v) is 5.28. The first kappa shape index (κ1) is 23.8. The number of hydrogen-bond acceptors (Lipinski definition) is 5. The van der Waals surface area contributed by atoms with Gasteiger partial charge in [0.05, 0.1) is 18.3 Å². The number of nitrogens with zero attached hydrogens (tertiary/aromatic N) is 2. The Balaban J connectivity index is 1.54. The minimum Gasteiger partial charge on any atom is -0.376 e. The predicted molar refractivity (Wildman–Crippen MR) is 135 cm³/mol. The number of halogens is 1. The summed E-state index contributed by atoms with van der Waals surface area (Å²) >= 11 is 7.52. The lowest BCUT2D eigenvalue weighted by Gasteiger charge is -2.20. The van der Waals surface area contributed by atoms with Crippen molar-refractivity contribution in [3.8, 4) is 0 Å². The van der Waals surface area contributed by atoms with E-state index in [1.54, 1.807) is 23.1 Å². The molecule has 0 radical (unpaired) electrons. The van der Waals surface area contributed by atoms with Gasteiger partial charge in [-0.3, -0.25) is 14.5 Å². The lowest BCUT2D eigenvalue weighted by Crippen LogP contribution is -2.38. The molecule has 2 aliphatic rings. The van der Waals surface area contributed by atoms with Crippen LogP contribution in [0, 0.1) is 20.8 Å². The van der Waals surface area contributed by atoms with Gasteiger partial charge in [0.25, 0.3) is 0 Å². The molecule has 0 aromatic heterocycles. The summed E-state index contributed by atoms with van der Waals surface area (Å²) < 4.78 is 5.77. The maximum absolute atomic E-state index is 13.3. The van der Waals surface area contributed by atoms with Gasteiger partial charge in [0, 0.05) is 23.7 Å². The molecule has 2 fully saturated rings. The summed E-state index contributed by atoms with van der Waals surface area (Å²) in [5, 5.41) is 3.58. The largest absolute Gasteiger partial charge is 0.376 e. The third kappa shape index (κ3) is 5.60. The molecule has 0 aliphatic carbocycles. The molecule has 2 atom stereocenters. The lowest BCUT2D eigenvalue weighted by molar-refractivity contribution is -0.129. The highest BCUT2D eigenvalue weighted by atomic mass is 35.5. The minimum absolute atomic E-state index is 0.0000400. The molecule has 8 heteroatoms. The van der Waals surface area contributed by atoms with Crippen LogP contribution in [0.15, 0.2) is 41.4 Å². The molecule has 174 valence electrons. The van der Waals surface area contributed by atoms with Crippen molar-refractivity contribution in [3.63, 3.8) is 0 Å². The van der Waals surface area contributed by atoms with Gasteiger partial charge >= 0.3 is 0 Å². The van der Waals surface area contributed by atoms with Gasteiger partial charge in [-0.2, -0.15) is 0 Å². The molecule has 0 spiro atoms. The van der Waals surface area contributed by atoms with Crippen molar-refractivity contribution < 1.29 is 14.3 Å². The van der Waals surface area contributed by atoms with Crippen molar-refractivity contribution in [1.29, 1.82) is 0 Å². The van der Waals surface area contributed by atoms with E-state index in [1.165, 1.54) is 11.8 Å². The molecule has 2 saturated heterocycles. The van der Waals surface area contributed by atoms with Crippen LogP contribution in [0.5, 0.6) is 0 Å². The highest BCUT2D eigenvalue weighted by Crippen LogP contribution is 2.34. The summed E-state index contributed by atoms with van der Waals surface area (Å²) in [6, 6.07) is 11.5. The summed E-state index contributed by atoms with van der Waals surface area (Å²) in [5.41, 5.74) is 4.43. The van der Waals surface area contributed by atoms with E-state index in [-0.39, 0.29) is 24.3 Å². The van der Waals surface area contributed by atoms with Crippen LogP contribution in [0.4, 0.5) is 11.4 Å². The molecule has 2 heterocycles. The zero-order valence-electron chi connectivity index (χ0n) is 19.1. The zero-order chi connectivity index (χ0) is 23.5. The van der Waals surface area contributed by atoms with Crippen molar-refractivity contribution in [1.82, 2.24) is 4.90 Å². The van der Waals surface area contributed by atoms with Crippen LogP contribution in [-0.2, 0) is 14.3 Å². The second-order valence-corrected chi connectivity index (χ2v) is 10.1. The number of thioether (sulfide) groups is 1. The second-order valence-electron chi connectivity index (χ2n) is 8.54. The number of ether oxygens (including phenoxy) is 1. The van der Waals surface area contributed by atoms with E-state index in [0.717, 1.165) is 35.2 Å². The fourth-order valence-electron chi connectivity index (χ4n) is 3.94. The normalized spacial score (nSPS) is 21.8. The number of amidine groups is 1. The monoisotopic (exact) mass is 485 g/mol. The number of hydrogen-bond donors (Lipinski definition) is 1. The number of carbonyl (C=O) groups excluding carboxylic acids is 2. The quantitative estimate of drug-likeness (QED) is 0.594. The van der Waals surface area contributed by atoms with Crippen LogP contribution in [-0.4, -0.2) is 46.4 Å². The molecule has 4 rings (SSSR count). The smallest absolute Gasteiger partial charge is 0.242 e. The number of aryl methyl sites for hydroxylation is 2. The van der Waals surface area contributed by atoms with Crippen molar-refractivity contribution >= 4 is 51.7 Å². The maximum Gasteiger partial charge on any atom is 0.242 e. The Bertz CT molecular complexity index is 1100. The van der Waals surface area contributed by atoms with Crippen LogP contribution < -0.4 is 5.32 Å². The number of anilines is 1. The number of benzene rings is 2. The maximum atomic E-state index is 13.3. The Kier molecular flexibility index (Phi) is 7.41. The van der Waals surface area contributed by atoms with E-state index in [2.05, 4.69) is 5.32 Å². The van der Waals surface area contributed by atoms with E-state index in [0.29, 0.717) is 29.0 Å². The van der Waals surface area contributed by atoms with Crippen molar-refractivity contribution in [2.45, 2.75) is 51.4 Å². The van der Waals surface area contributed by atoms with Gasteiger partial charge in [-0.1, -0.05) is 41.6 Å². The first-order chi connectivity index (χ1) is 15.8. The van der Waals surface area contributed by atoms with Crippen molar-refractivity contribution in [3.05, 3.63) is 58.1 Å². The highest BCUT2D eigenvalue weighted by molar-refractivity contribution is 8.15. The van der Waals surface area contributed by atoms with Gasteiger partial charge in [-0.05, 0) is 68.5 Å². The van der Waals surface area contributed by atoms with Gasteiger partial charge in [-0.15, -0.1) is 0 Å². The SMILES string of the molecule is Cc1ccc(C)c(N=C2SC(CC(=O)Nc3cccc(Cl)c3C)C(=O)N2CC2CCCO2)c1. The minimum atomic E-state index is -0.533. The third-order valence-electron chi connectivity index (χ3n) is 5.92. The van der Waals surface area contributed by atoms with Gasteiger partial charge in [0.1, 0.15) is 5.25 Å². The van der Waals surface area contributed by atoms with E-state index < -0.39 is 5.25 Å². The topological polar surface area (TPSA) is 71.0 Å². The van der Waals surface area contributed by atoms with E-state index in [1.807, 2.05) is 39.0 Å². The molecule has 2 amide bonds. The number of carbonyl (C=O) groups is 2. The molecule has 33 heavy (non-hydrogen) atoms. The molecule has 2 aromatic rings. The van der Waals surface area contributed by atoms with Crippen LogP contribution in [0.2, 0.25) is 5.02 Å². The Morgan fingerprint density at radius 2 is 2.09 bits per heavy atom. The van der Waals surface area contributed by atoms with Crippen LogP contribution >= 0.6 is 23.4 Å². The van der Waals surface area contributed by atoms with E-state index in [4.69, 9.17) is 21.3 Å². The molecular weight excluding hydrogens is 458 g/mol. The molecule has 2 aromatic carbocycles. The molecular formula is C25H28ClN3O3S. The molecule has 0 bridgehead atoms. The van der Waals surface area contributed by atoms with Crippen LogP contribution in [0.3, 0.4) is 0 Å². The van der Waals surface area contributed by atoms with E-state index in [9.17, 15) is 9.59 Å². The third-order valence-corrected chi connectivity index (χ3v) is 7.51.